The SMILES string of the molecule is CCc1cccc(C2CCC(C(F)(F)F)CN2)c1. The molecule has 0 radical (unpaired) electrons. The monoisotopic (exact) mass is 257 g/mol. The van der Waals surface area contributed by atoms with Crippen molar-refractivity contribution in [1.29, 1.82) is 0 Å². The van der Waals surface area contributed by atoms with Crippen LogP contribution < -0.4 is 5.32 Å². The predicted octanol–water partition coefficient (Wildman–Crippen LogP) is 3.85. The number of piperidine rings is 1. The van der Waals surface area contributed by atoms with Crippen LogP contribution in [-0.2, 0) is 6.42 Å². The summed E-state index contributed by atoms with van der Waals surface area (Å²) in [6, 6.07) is 8.17. The second kappa shape index (κ2) is 5.31. The van der Waals surface area contributed by atoms with Crippen molar-refractivity contribution < 1.29 is 13.2 Å². The van der Waals surface area contributed by atoms with Crippen LogP contribution in [0.1, 0.15) is 36.9 Å². The summed E-state index contributed by atoms with van der Waals surface area (Å²) in [5, 5.41) is 3.02. The van der Waals surface area contributed by atoms with Crippen molar-refractivity contribution in [2.45, 2.75) is 38.4 Å². The average Bonchev–Trinajstić information content (AvgIpc) is 2.38. The number of halogens is 3. The third-order valence-electron chi connectivity index (χ3n) is 3.64. The molecule has 100 valence electrons. The number of aryl methyl sites for hydroxylation is 1. The molecule has 1 saturated heterocycles. The maximum absolute atomic E-state index is 12.5. The molecule has 1 aromatic rings. The summed E-state index contributed by atoms with van der Waals surface area (Å²) in [6.45, 7) is 2.11. The fourth-order valence-corrected chi connectivity index (χ4v) is 2.45. The molecular weight excluding hydrogens is 239 g/mol. The van der Waals surface area contributed by atoms with Gasteiger partial charge in [0.15, 0.2) is 0 Å². The average molecular weight is 257 g/mol. The summed E-state index contributed by atoms with van der Waals surface area (Å²) in [6.07, 6.45) is -2.34. The summed E-state index contributed by atoms with van der Waals surface area (Å²) in [5.41, 5.74) is 2.34. The zero-order chi connectivity index (χ0) is 13.2. The number of hydrogen-bond donors (Lipinski definition) is 1. The number of nitrogens with one attached hydrogen (secondary N) is 1. The van der Waals surface area contributed by atoms with Crippen molar-refractivity contribution in [1.82, 2.24) is 5.32 Å². The molecule has 2 rings (SSSR count). The lowest BCUT2D eigenvalue weighted by Crippen LogP contribution is -2.40. The topological polar surface area (TPSA) is 12.0 Å². The molecule has 2 unspecified atom stereocenters. The van der Waals surface area contributed by atoms with Crippen LogP contribution in [0.4, 0.5) is 13.2 Å². The highest BCUT2D eigenvalue weighted by Crippen LogP contribution is 2.35. The Hall–Kier alpha value is -1.03. The van der Waals surface area contributed by atoms with Gasteiger partial charge in [0.25, 0.3) is 0 Å². The van der Waals surface area contributed by atoms with Gasteiger partial charge in [-0.05, 0) is 30.4 Å². The molecule has 0 amide bonds. The van der Waals surface area contributed by atoms with E-state index in [1.165, 1.54) is 5.56 Å². The van der Waals surface area contributed by atoms with Crippen LogP contribution in [0.2, 0.25) is 0 Å². The van der Waals surface area contributed by atoms with Crippen molar-refractivity contribution in [3.8, 4) is 0 Å². The number of hydrogen-bond acceptors (Lipinski definition) is 1. The van der Waals surface area contributed by atoms with Crippen LogP contribution >= 0.6 is 0 Å². The third kappa shape index (κ3) is 3.05. The van der Waals surface area contributed by atoms with Crippen molar-refractivity contribution in [2.24, 2.45) is 5.92 Å². The summed E-state index contributed by atoms with van der Waals surface area (Å²) >= 11 is 0. The van der Waals surface area contributed by atoms with Gasteiger partial charge in [-0.15, -0.1) is 0 Å². The van der Waals surface area contributed by atoms with E-state index in [9.17, 15) is 13.2 Å². The van der Waals surface area contributed by atoms with Crippen molar-refractivity contribution in [3.63, 3.8) is 0 Å². The third-order valence-corrected chi connectivity index (χ3v) is 3.64. The fourth-order valence-electron chi connectivity index (χ4n) is 2.45. The Kier molecular flexibility index (Phi) is 3.95. The minimum absolute atomic E-state index is 0.0323. The normalized spacial score (nSPS) is 25.1. The largest absolute Gasteiger partial charge is 0.393 e. The molecular formula is C14H18F3N. The Labute approximate surface area is 105 Å². The first-order valence-electron chi connectivity index (χ1n) is 6.39. The van der Waals surface area contributed by atoms with Crippen LogP contribution in [0, 0.1) is 5.92 Å². The lowest BCUT2D eigenvalue weighted by Gasteiger charge is -2.31. The van der Waals surface area contributed by atoms with Gasteiger partial charge < -0.3 is 5.32 Å². The maximum atomic E-state index is 12.5. The Morgan fingerprint density at radius 1 is 1.28 bits per heavy atom. The summed E-state index contributed by atoms with van der Waals surface area (Å²) in [5.74, 6) is -1.19. The highest BCUT2D eigenvalue weighted by atomic mass is 19.4. The van der Waals surface area contributed by atoms with Gasteiger partial charge in [0.2, 0.25) is 0 Å². The molecule has 2 atom stereocenters. The van der Waals surface area contributed by atoms with Crippen LogP contribution in [0.25, 0.3) is 0 Å². The van der Waals surface area contributed by atoms with E-state index in [0.29, 0.717) is 6.42 Å². The first kappa shape index (κ1) is 13.4. The molecule has 0 bridgehead atoms. The quantitative estimate of drug-likeness (QED) is 0.848. The van der Waals surface area contributed by atoms with Crippen LogP contribution in [0.3, 0.4) is 0 Å². The van der Waals surface area contributed by atoms with Gasteiger partial charge in [-0.3, -0.25) is 0 Å². The van der Waals surface area contributed by atoms with Gasteiger partial charge in [0.05, 0.1) is 5.92 Å². The summed E-state index contributed by atoms with van der Waals surface area (Å²) in [7, 11) is 0. The van der Waals surface area contributed by atoms with Crippen molar-refractivity contribution >= 4 is 0 Å². The van der Waals surface area contributed by atoms with E-state index in [2.05, 4.69) is 18.3 Å². The van der Waals surface area contributed by atoms with Gasteiger partial charge in [-0.25, -0.2) is 0 Å². The molecule has 0 aromatic heterocycles. The van der Waals surface area contributed by atoms with Crippen LogP contribution in [-0.4, -0.2) is 12.7 Å². The van der Waals surface area contributed by atoms with Crippen LogP contribution in [0.5, 0.6) is 0 Å². The summed E-state index contributed by atoms with van der Waals surface area (Å²) in [4.78, 5) is 0. The molecule has 1 heterocycles. The molecule has 0 spiro atoms. The molecule has 1 fully saturated rings. The molecule has 1 aliphatic heterocycles. The van der Waals surface area contributed by atoms with E-state index in [1.54, 1.807) is 0 Å². The maximum Gasteiger partial charge on any atom is 0.393 e. The van der Waals surface area contributed by atoms with E-state index in [0.717, 1.165) is 12.0 Å². The zero-order valence-corrected chi connectivity index (χ0v) is 10.4. The van der Waals surface area contributed by atoms with E-state index < -0.39 is 12.1 Å². The molecule has 18 heavy (non-hydrogen) atoms. The Morgan fingerprint density at radius 2 is 2.06 bits per heavy atom. The second-order valence-corrected chi connectivity index (χ2v) is 4.88. The summed E-state index contributed by atoms with van der Waals surface area (Å²) < 4.78 is 37.6. The molecule has 0 saturated carbocycles. The first-order valence-corrected chi connectivity index (χ1v) is 6.39. The highest BCUT2D eigenvalue weighted by Gasteiger charge is 2.41. The van der Waals surface area contributed by atoms with Crippen LogP contribution in [0.15, 0.2) is 24.3 Å². The fraction of sp³-hybridized carbons (Fsp3) is 0.571. The smallest absolute Gasteiger partial charge is 0.309 e. The van der Waals surface area contributed by atoms with Crippen molar-refractivity contribution in [2.75, 3.05) is 6.54 Å². The highest BCUT2D eigenvalue weighted by molar-refractivity contribution is 5.26. The lowest BCUT2D eigenvalue weighted by molar-refractivity contribution is -0.179. The zero-order valence-electron chi connectivity index (χ0n) is 10.4. The minimum atomic E-state index is -4.07. The van der Waals surface area contributed by atoms with Gasteiger partial charge >= 0.3 is 6.18 Å². The van der Waals surface area contributed by atoms with Gasteiger partial charge in [0, 0.05) is 12.6 Å². The lowest BCUT2D eigenvalue weighted by atomic mass is 9.90. The molecule has 1 aliphatic rings. The predicted molar refractivity (Wildman–Crippen MR) is 65.3 cm³/mol. The van der Waals surface area contributed by atoms with E-state index >= 15 is 0 Å². The van der Waals surface area contributed by atoms with Gasteiger partial charge in [-0.1, -0.05) is 31.2 Å². The Morgan fingerprint density at radius 3 is 2.61 bits per heavy atom. The molecule has 0 aliphatic carbocycles. The molecule has 4 heteroatoms. The Bertz CT molecular complexity index is 392. The van der Waals surface area contributed by atoms with Gasteiger partial charge in [-0.2, -0.15) is 13.2 Å². The van der Waals surface area contributed by atoms with E-state index in [-0.39, 0.29) is 19.0 Å². The standard InChI is InChI=1S/C14H18F3N/c1-2-10-4-3-5-11(8-10)13-7-6-12(9-18-13)14(15,16)17/h3-5,8,12-13,18H,2,6-7,9H2,1H3. The minimum Gasteiger partial charge on any atom is -0.309 e. The molecule has 1 N–H and O–H groups in total. The van der Waals surface area contributed by atoms with Crippen molar-refractivity contribution in [3.05, 3.63) is 35.4 Å². The number of rotatable bonds is 2. The molecule has 1 nitrogen and oxygen atoms in total. The second-order valence-electron chi connectivity index (χ2n) is 4.88. The molecule has 1 aromatic carbocycles. The first-order chi connectivity index (χ1) is 8.50. The van der Waals surface area contributed by atoms with E-state index in [4.69, 9.17) is 0 Å². The van der Waals surface area contributed by atoms with Gasteiger partial charge in [0.1, 0.15) is 0 Å². The Balaban J connectivity index is 2.01. The number of benzene rings is 1. The number of alkyl halides is 3. The van der Waals surface area contributed by atoms with E-state index in [1.807, 2.05) is 18.2 Å².